The van der Waals surface area contributed by atoms with Gasteiger partial charge in [-0.15, -0.1) is 11.3 Å². The van der Waals surface area contributed by atoms with Crippen molar-refractivity contribution in [3.63, 3.8) is 0 Å². The van der Waals surface area contributed by atoms with Crippen LogP contribution in [0.2, 0.25) is 0 Å². The molecular weight excluding hydrogens is 314 g/mol. The first kappa shape index (κ1) is 13.5. The van der Waals surface area contributed by atoms with Crippen molar-refractivity contribution in [3.05, 3.63) is 44.3 Å². The summed E-state index contributed by atoms with van der Waals surface area (Å²) in [6.07, 6.45) is -0.0215. The van der Waals surface area contributed by atoms with Gasteiger partial charge in [-0.2, -0.15) is 0 Å². The van der Waals surface area contributed by atoms with Crippen LogP contribution in [0, 0.1) is 6.92 Å². The van der Waals surface area contributed by atoms with Crippen LogP contribution in [0.5, 0.6) is 5.75 Å². The molecule has 0 amide bonds. The number of aryl methyl sites for hydroxylation is 1. The van der Waals surface area contributed by atoms with Gasteiger partial charge in [-0.05, 0) is 30.7 Å². The molecule has 0 aliphatic rings. The Kier molecular flexibility index (Phi) is 4.37. The minimum atomic E-state index is -0.541. The Hall–Kier alpha value is -0.910. The van der Waals surface area contributed by atoms with Crippen molar-refractivity contribution in [1.82, 2.24) is 4.98 Å². The number of nitrogens with zero attached hydrogens (tertiary/aromatic N) is 1. The van der Waals surface area contributed by atoms with Crippen molar-refractivity contribution in [1.29, 1.82) is 0 Å². The van der Waals surface area contributed by atoms with Crippen LogP contribution in [0.3, 0.4) is 0 Å². The number of methoxy groups -OCH3 is 1. The van der Waals surface area contributed by atoms with Gasteiger partial charge in [-0.3, -0.25) is 0 Å². The van der Waals surface area contributed by atoms with Gasteiger partial charge in [-0.1, -0.05) is 15.9 Å². The van der Waals surface area contributed by atoms with E-state index < -0.39 is 6.10 Å². The van der Waals surface area contributed by atoms with Gasteiger partial charge in [0.15, 0.2) is 0 Å². The number of aromatic nitrogens is 1. The van der Waals surface area contributed by atoms with Crippen LogP contribution in [0.15, 0.2) is 28.2 Å². The molecule has 2 rings (SSSR count). The van der Waals surface area contributed by atoms with E-state index in [2.05, 4.69) is 20.9 Å². The molecule has 0 aliphatic carbocycles. The van der Waals surface area contributed by atoms with E-state index in [0.717, 1.165) is 26.4 Å². The number of halogens is 1. The number of thiazole rings is 1. The van der Waals surface area contributed by atoms with Gasteiger partial charge in [-0.25, -0.2) is 4.98 Å². The molecule has 3 nitrogen and oxygen atoms in total. The highest BCUT2D eigenvalue weighted by Crippen LogP contribution is 2.30. The molecule has 2 aromatic rings. The summed E-state index contributed by atoms with van der Waals surface area (Å²) in [5.74, 6) is 0.791. The number of aliphatic hydroxyl groups is 1. The fraction of sp³-hybridized carbons (Fsp3) is 0.308. The Bertz CT molecular complexity index is 542. The van der Waals surface area contributed by atoms with Crippen LogP contribution in [0.4, 0.5) is 0 Å². The van der Waals surface area contributed by atoms with E-state index in [1.807, 2.05) is 25.1 Å². The molecular formula is C13H14BrNO2S. The molecule has 18 heavy (non-hydrogen) atoms. The predicted molar refractivity (Wildman–Crippen MR) is 76.2 cm³/mol. The number of hydrogen-bond donors (Lipinski definition) is 1. The van der Waals surface area contributed by atoms with Crippen LogP contribution in [-0.2, 0) is 6.42 Å². The molecule has 1 atom stereocenters. The standard InChI is InChI=1S/C13H14BrNO2S/c1-8-13(18-7-15-8)11(16)6-9-5-10(14)3-4-12(9)17-2/h3-5,7,11,16H,6H2,1-2H3. The summed E-state index contributed by atoms with van der Waals surface area (Å²) >= 11 is 4.91. The van der Waals surface area contributed by atoms with Gasteiger partial charge in [0.2, 0.25) is 0 Å². The molecule has 5 heteroatoms. The molecule has 1 heterocycles. The van der Waals surface area contributed by atoms with Gasteiger partial charge in [0.1, 0.15) is 5.75 Å². The first-order valence-corrected chi connectivity index (χ1v) is 7.19. The number of rotatable bonds is 4. The SMILES string of the molecule is COc1ccc(Br)cc1CC(O)c1scnc1C. The molecule has 0 fully saturated rings. The Morgan fingerprint density at radius 2 is 2.28 bits per heavy atom. The quantitative estimate of drug-likeness (QED) is 0.934. The smallest absolute Gasteiger partial charge is 0.122 e. The average Bonchev–Trinajstić information content (AvgIpc) is 2.76. The molecule has 0 saturated heterocycles. The maximum Gasteiger partial charge on any atom is 0.122 e. The van der Waals surface area contributed by atoms with Gasteiger partial charge < -0.3 is 9.84 Å². The second-order valence-corrected chi connectivity index (χ2v) is 5.78. The zero-order valence-corrected chi connectivity index (χ0v) is 12.6. The Labute approximate surface area is 119 Å². The van der Waals surface area contributed by atoms with Crippen LogP contribution in [0.1, 0.15) is 22.2 Å². The minimum Gasteiger partial charge on any atom is -0.496 e. The largest absolute Gasteiger partial charge is 0.496 e. The summed E-state index contributed by atoms with van der Waals surface area (Å²) in [6, 6.07) is 5.79. The number of benzene rings is 1. The second-order valence-electron chi connectivity index (χ2n) is 3.98. The molecule has 1 aromatic heterocycles. The summed E-state index contributed by atoms with van der Waals surface area (Å²) < 4.78 is 6.28. The van der Waals surface area contributed by atoms with Gasteiger partial charge >= 0.3 is 0 Å². The topological polar surface area (TPSA) is 42.4 Å². The van der Waals surface area contributed by atoms with Crippen LogP contribution in [-0.4, -0.2) is 17.2 Å². The van der Waals surface area contributed by atoms with E-state index >= 15 is 0 Å². The maximum absolute atomic E-state index is 10.3. The summed E-state index contributed by atoms with van der Waals surface area (Å²) in [5, 5.41) is 10.3. The van der Waals surface area contributed by atoms with E-state index in [0.29, 0.717) is 6.42 Å². The normalized spacial score (nSPS) is 12.4. The average molecular weight is 328 g/mol. The summed E-state index contributed by atoms with van der Waals surface area (Å²) in [6.45, 7) is 1.91. The van der Waals surface area contributed by atoms with E-state index in [4.69, 9.17) is 4.74 Å². The van der Waals surface area contributed by atoms with Gasteiger partial charge in [0.25, 0.3) is 0 Å². The lowest BCUT2D eigenvalue weighted by Crippen LogP contribution is -2.03. The van der Waals surface area contributed by atoms with E-state index in [9.17, 15) is 5.11 Å². The molecule has 0 bridgehead atoms. The third-order valence-electron chi connectivity index (χ3n) is 2.74. The highest BCUT2D eigenvalue weighted by Gasteiger charge is 2.16. The lowest BCUT2D eigenvalue weighted by Gasteiger charge is -2.13. The van der Waals surface area contributed by atoms with E-state index in [1.54, 1.807) is 12.6 Å². The number of ether oxygens (including phenoxy) is 1. The summed E-state index contributed by atoms with van der Waals surface area (Å²) in [7, 11) is 1.64. The zero-order valence-electron chi connectivity index (χ0n) is 10.2. The first-order chi connectivity index (χ1) is 8.61. The molecule has 96 valence electrons. The van der Waals surface area contributed by atoms with Crippen LogP contribution < -0.4 is 4.74 Å². The molecule has 0 radical (unpaired) electrons. The predicted octanol–water partition coefficient (Wildman–Crippen LogP) is 3.50. The van der Waals surface area contributed by atoms with Gasteiger partial charge in [0.05, 0.1) is 29.3 Å². The maximum atomic E-state index is 10.3. The van der Waals surface area contributed by atoms with Crippen molar-refractivity contribution in [2.45, 2.75) is 19.4 Å². The molecule has 1 aromatic carbocycles. The highest BCUT2D eigenvalue weighted by atomic mass is 79.9. The van der Waals surface area contributed by atoms with Crippen molar-refractivity contribution >= 4 is 27.3 Å². The number of hydrogen-bond acceptors (Lipinski definition) is 4. The lowest BCUT2D eigenvalue weighted by molar-refractivity contribution is 0.180. The summed E-state index contributed by atoms with van der Waals surface area (Å²) in [4.78, 5) is 5.07. The van der Waals surface area contributed by atoms with Crippen molar-refractivity contribution < 1.29 is 9.84 Å². The third-order valence-corrected chi connectivity index (χ3v) is 4.27. The molecule has 0 aliphatic heterocycles. The van der Waals surface area contributed by atoms with E-state index in [-0.39, 0.29) is 0 Å². The fourth-order valence-electron chi connectivity index (χ4n) is 1.84. The third kappa shape index (κ3) is 2.91. The van der Waals surface area contributed by atoms with Crippen LogP contribution >= 0.6 is 27.3 Å². The second kappa shape index (κ2) is 5.82. The summed E-state index contributed by atoms with van der Waals surface area (Å²) in [5.41, 5.74) is 3.63. The lowest BCUT2D eigenvalue weighted by atomic mass is 10.1. The monoisotopic (exact) mass is 327 g/mol. The van der Waals surface area contributed by atoms with Crippen molar-refractivity contribution in [3.8, 4) is 5.75 Å². The Morgan fingerprint density at radius 3 is 2.89 bits per heavy atom. The minimum absolute atomic E-state index is 0.519. The molecule has 0 spiro atoms. The van der Waals surface area contributed by atoms with Crippen molar-refractivity contribution in [2.24, 2.45) is 0 Å². The Balaban J connectivity index is 2.23. The van der Waals surface area contributed by atoms with Gasteiger partial charge in [0, 0.05) is 10.9 Å². The molecule has 0 saturated carbocycles. The number of aliphatic hydroxyl groups excluding tert-OH is 1. The molecule has 1 N–H and O–H groups in total. The van der Waals surface area contributed by atoms with Crippen molar-refractivity contribution in [2.75, 3.05) is 7.11 Å². The fourth-order valence-corrected chi connectivity index (χ4v) is 3.03. The zero-order chi connectivity index (χ0) is 13.1. The highest BCUT2D eigenvalue weighted by molar-refractivity contribution is 9.10. The Morgan fingerprint density at radius 1 is 1.50 bits per heavy atom. The van der Waals surface area contributed by atoms with Crippen LogP contribution in [0.25, 0.3) is 0 Å². The molecule has 1 unspecified atom stereocenters. The van der Waals surface area contributed by atoms with E-state index in [1.165, 1.54) is 11.3 Å². The first-order valence-electron chi connectivity index (χ1n) is 5.52.